The molecule has 3 heterocycles. The predicted molar refractivity (Wildman–Crippen MR) is 80.3 cm³/mol. The molecule has 0 aliphatic carbocycles. The van der Waals surface area contributed by atoms with E-state index in [4.69, 9.17) is 4.98 Å². The third-order valence-corrected chi connectivity index (χ3v) is 3.66. The minimum absolute atomic E-state index is 0.476. The Labute approximate surface area is 125 Å². The highest BCUT2D eigenvalue weighted by atomic mass is 15.3. The number of rotatable bonds is 5. The summed E-state index contributed by atoms with van der Waals surface area (Å²) in [5, 5.41) is 11.5. The SMILES string of the molecule is CC(C)NCc1cccc(CN2CCn3cnnc3C2)n1. The van der Waals surface area contributed by atoms with E-state index in [1.165, 1.54) is 0 Å². The summed E-state index contributed by atoms with van der Waals surface area (Å²) in [6.45, 7) is 8.79. The normalized spacial score (nSPS) is 15.4. The average molecular weight is 286 g/mol. The van der Waals surface area contributed by atoms with Gasteiger partial charge >= 0.3 is 0 Å². The van der Waals surface area contributed by atoms with Gasteiger partial charge in [-0.1, -0.05) is 19.9 Å². The van der Waals surface area contributed by atoms with Crippen LogP contribution in [0.1, 0.15) is 31.1 Å². The first-order valence-corrected chi connectivity index (χ1v) is 7.48. The van der Waals surface area contributed by atoms with Crippen molar-refractivity contribution in [2.75, 3.05) is 6.54 Å². The monoisotopic (exact) mass is 286 g/mol. The number of hydrogen-bond acceptors (Lipinski definition) is 5. The fourth-order valence-electron chi connectivity index (χ4n) is 2.50. The lowest BCUT2D eigenvalue weighted by molar-refractivity contribution is 0.206. The van der Waals surface area contributed by atoms with Crippen LogP contribution in [0.15, 0.2) is 24.5 Å². The Hall–Kier alpha value is -1.79. The molecule has 0 amide bonds. The molecule has 2 aromatic heterocycles. The number of hydrogen-bond donors (Lipinski definition) is 1. The van der Waals surface area contributed by atoms with Crippen LogP contribution in [0.2, 0.25) is 0 Å². The summed E-state index contributed by atoms with van der Waals surface area (Å²) in [5.41, 5.74) is 2.22. The quantitative estimate of drug-likeness (QED) is 0.894. The Morgan fingerprint density at radius 3 is 2.95 bits per heavy atom. The van der Waals surface area contributed by atoms with Crippen molar-refractivity contribution in [2.24, 2.45) is 0 Å². The van der Waals surface area contributed by atoms with Crippen molar-refractivity contribution in [1.82, 2.24) is 30.0 Å². The van der Waals surface area contributed by atoms with Crippen LogP contribution < -0.4 is 5.32 Å². The maximum atomic E-state index is 4.74. The molecule has 112 valence electrons. The summed E-state index contributed by atoms with van der Waals surface area (Å²) in [6.07, 6.45) is 1.81. The summed E-state index contributed by atoms with van der Waals surface area (Å²) < 4.78 is 2.12. The van der Waals surface area contributed by atoms with Gasteiger partial charge in [-0.05, 0) is 12.1 Å². The number of aromatic nitrogens is 4. The van der Waals surface area contributed by atoms with Crippen LogP contribution in [0.25, 0.3) is 0 Å². The van der Waals surface area contributed by atoms with Crippen LogP contribution in [-0.4, -0.2) is 37.2 Å². The van der Waals surface area contributed by atoms with Crippen molar-refractivity contribution in [1.29, 1.82) is 0 Å². The van der Waals surface area contributed by atoms with Crippen LogP contribution in [0, 0.1) is 0 Å². The third kappa shape index (κ3) is 3.65. The molecule has 0 radical (unpaired) electrons. The summed E-state index contributed by atoms with van der Waals surface area (Å²) in [4.78, 5) is 7.10. The second-order valence-corrected chi connectivity index (χ2v) is 5.81. The zero-order valence-corrected chi connectivity index (χ0v) is 12.7. The number of fused-ring (bicyclic) bond motifs is 1. The van der Waals surface area contributed by atoms with Gasteiger partial charge in [0.25, 0.3) is 0 Å². The maximum absolute atomic E-state index is 4.74. The Kier molecular flexibility index (Phi) is 4.26. The van der Waals surface area contributed by atoms with Crippen molar-refractivity contribution in [2.45, 2.75) is 46.1 Å². The first-order valence-electron chi connectivity index (χ1n) is 7.48. The molecule has 0 saturated carbocycles. The molecule has 1 N–H and O–H groups in total. The van der Waals surface area contributed by atoms with Gasteiger partial charge in [-0.25, -0.2) is 0 Å². The van der Waals surface area contributed by atoms with Crippen LogP contribution in [0.4, 0.5) is 0 Å². The molecular weight excluding hydrogens is 264 g/mol. The molecule has 0 saturated heterocycles. The number of nitrogens with one attached hydrogen (secondary N) is 1. The smallest absolute Gasteiger partial charge is 0.147 e. The maximum Gasteiger partial charge on any atom is 0.147 e. The van der Waals surface area contributed by atoms with Crippen molar-refractivity contribution >= 4 is 0 Å². The topological polar surface area (TPSA) is 58.9 Å². The van der Waals surface area contributed by atoms with E-state index in [9.17, 15) is 0 Å². The Bertz CT molecular complexity index is 591. The highest BCUT2D eigenvalue weighted by Crippen LogP contribution is 2.12. The predicted octanol–water partition coefficient (Wildman–Crippen LogP) is 1.19. The van der Waals surface area contributed by atoms with Gasteiger partial charge in [-0.2, -0.15) is 0 Å². The van der Waals surface area contributed by atoms with Crippen molar-refractivity contribution in [3.8, 4) is 0 Å². The van der Waals surface area contributed by atoms with Gasteiger partial charge in [-0.3, -0.25) is 9.88 Å². The highest BCUT2D eigenvalue weighted by molar-refractivity contribution is 5.11. The summed E-state index contributed by atoms with van der Waals surface area (Å²) in [5.74, 6) is 1.04. The van der Waals surface area contributed by atoms with Gasteiger partial charge in [0.2, 0.25) is 0 Å². The zero-order valence-electron chi connectivity index (χ0n) is 12.7. The summed E-state index contributed by atoms with van der Waals surface area (Å²) in [7, 11) is 0. The Morgan fingerprint density at radius 2 is 2.10 bits per heavy atom. The van der Waals surface area contributed by atoms with Crippen LogP contribution in [0.5, 0.6) is 0 Å². The van der Waals surface area contributed by atoms with Gasteiger partial charge in [0.1, 0.15) is 12.2 Å². The lowest BCUT2D eigenvalue weighted by Gasteiger charge is -2.26. The average Bonchev–Trinajstić information content (AvgIpc) is 2.93. The van der Waals surface area contributed by atoms with E-state index >= 15 is 0 Å². The molecule has 0 aromatic carbocycles. The van der Waals surface area contributed by atoms with Crippen LogP contribution in [-0.2, 0) is 26.2 Å². The van der Waals surface area contributed by atoms with Gasteiger partial charge < -0.3 is 9.88 Å². The molecule has 0 spiro atoms. The van der Waals surface area contributed by atoms with E-state index in [2.05, 4.69) is 57.0 Å². The minimum atomic E-state index is 0.476. The highest BCUT2D eigenvalue weighted by Gasteiger charge is 2.17. The summed E-state index contributed by atoms with van der Waals surface area (Å²) >= 11 is 0. The minimum Gasteiger partial charge on any atom is -0.315 e. The molecule has 6 heteroatoms. The molecule has 1 aliphatic heterocycles. The van der Waals surface area contributed by atoms with Crippen molar-refractivity contribution < 1.29 is 0 Å². The second kappa shape index (κ2) is 6.32. The van der Waals surface area contributed by atoms with Crippen LogP contribution >= 0.6 is 0 Å². The second-order valence-electron chi connectivity index (χ2n) is 5.81. The van der Waals surface area contributed by atoms with Gasteiger partial charge in [0.05, 0.1) is 17.9 Å². The lowest BCUT2D eigenvalue weighted by Crippen LogP contribution is -2.33. The first-order chi connectivity index (χ1) is 10.2. The first kappa shape index (κ1) is 14.2. The molecule has 0 unspecified atom stereocenters. The van der Waals surface area contributed by atoms with E-state index in [-0.39, 0.29) is 0 Å². The van der Waals surface area contributed by atoms with Crippen LogP contribution in [0.3, 0.4) is 0 Å². The largest absolute Gasteiger partial charge is 0.315 e. The van der Waals surface area contributed by atoms with E-state index in [1.54, 1.807) is 0 Å². The van der Waals surface area contributed by atoms with Gasteiger partial charge in [0, 0.05) is 32.2 Å². The van der Waals surface area contributed by atoms with E-state index < -0.39 is 0 Å². The Morgan fingerprint density at radius 1 is 1.24 bits per heavy atom. The molecule has 21 heavy (non-hydrogen) atoms. The van der Waals surface area contributed by atoms with E-state index in [0.717, 1.165) is 49.9 Å². The van der Waals surface area contributed by atoms with Crippen molar-refractivity contribution in [3.63, 3.8) is 0 Å². The lowest BCUT2D eigenvalue weighted by atomic mass is 10.2. The number of nitrogens with zero attached hydrogens (tertiary/aromatic N) is 5. The molecule has 0 atom stereocenters. The van der Waals surface area contributed by atoms with E-state index in [0.29, 0.717) is 6.04 Å². The molecule has 3 rings (SSSR count). The molecule has 0 bridgehead atoms. The molecular formula is C15H22N6. The third-order valence-electron chi connectivity index (χ3n) is 3.66. The molecule has 6 nitrogen and oxygen atoms in total. The van der Waals surface area contributed by atoms with E-state index in [1.807, 2.05) is 6.33 Å². The molecule has 2 aromatic rings. The van der Waals surface area contributed by atoms with Gasteiger partial charge in [0.15, 0.2) is 0 Å². The zero-order chi connectivity index (χ0) is 14.7. The Balaban J connectivity index is 1.61. The molecule has 1 aliphatic rings. The summed E-state index contributed by atoms with van der Waals surface area (Å²) in [6, 6.07) is 6.74. The molecule has 0 fully saturated rings. The fraction of sp³-hybridized carbons (Fsp3) is 0.533. The van der Waals surface area contributed by atoms with Gasteiger partial charge in [-0.15, -0.1) is 10.2 Å². The number of pyridine rings is 1. The standard InChI is InChI=1S/C15H22N6/c1-12(2)16-8-13-4-3-5-14(18-13)9-20-6-7-21-11-17-19-15(21)10-20/h3-5,11-12,16H,6-10H2,1-2H3. The fourth-order valence-corrected chi connectivity index (χ4v) is 2.50. The van der Waals surface area contributed by atoms with Crippen molar-refractivity contribution in [3.05, 3.63) is 41.7 Å².